The van der Waals surface area contributed by atoms with Crippen molar-refractivity contribution in [3.8, 4) is 0 Å². The van der Waals surface area contributed by atoms with Gasteiger partial charge in [-0.25, -0.2) is 9.37 Å². The lowest BCUT2D eigenvalue weighted by atomic mass is 9.96. The van der Waals surface area contributed by atoms with E-state index in [1.807, 2.05) is 17.0 Å². The van der Waals surface area contributed by atoms with Crippen LogP contribution >= 0.6 is 11.6 Å². The highest BCUT2D eigenvalue weighted by Crippen LogP contribution is 2.21. The number of benzene rings is 2. The topological polar surface area (TPSA) is 55.2 Å². The van der Waals surface area contributed by atoms with E-state index in [2.05, 4.69) is 4.98 Å². The number of aryl methyl sites for hydroxylation is 1. The van der Waals surface area contributed by atoms with Gasteiger partial charge in [-0.3, -0.25) is 14.2 Å². The molecule has 1 aromatic heterocycles. The normalized spacial score (nSPS) is 15.0. The van der Waals surface area contributed by atoms with Crippen LogP contribution in [0.3, 0.4) is 0 Å². The molecule has 2 heterocycles. The summed E-state index contributed by atoms with van der Waals surface area (Å²) < 4.78 is 15.1. The Hall–Kier alpha value is -2.73. The zero-order chi connectivity index (χ0) is 21.3. The standard InChI is InChI=1S/C23H23ClFN3O2/c1-15-26-21-13-19(25)6-7-20(21)23(30)28(15)14-17-8-10-27(11-9-17)22(29)12-16-2-4-18(24)5-3-16/h2-7,13,17H,8-12,14H2,1H3. The third kappa shape index (κ3) is 4.38. The van der Waals surface area contributed by atoms with Gasteiger partial charge in [-0.1, -0.05) is 23.7 Å². The van der Waals surface area contributed by atoms with Gasteiger partial charge in [0.05, 0.1) is 17.3 Å². The summed E-state index contributed by atoms with van der Waals surface area (Å²) in [4.78, 5) is 31.8. The van der Waals surface area contributed by atoms with Gasteiger partial charge in [-0.2, -0.15) is 0 Å². The number of hydrogen-bond acceptors (Lipinski definition) is 3. The molecule has 5 nitrogen and oxygen atoms in total. The largest absolute Gasteiger partial charge is 0.342 e. The van der Waals surface area contributed by atoms with Crippen LogP contribution in [0.15, 0.2) is 47.3 Å². The number of fused-ring (bicyclic) bond motifs is 1. The number of carbonyl (C=O) groups is 1. The molecule has 0 aliphatic carbocycles. The van der Waals surface area contributed by atoms with E-state index in [0.29, 0.717) is 53.7 Å². The van der Waals surface area contributed by atoms with Crippen LogP contribution in [0.1, 0.15) is 24.2 Å². The van der Waals surface area contributed by atoms with E-state index in [4.69, 9.17) is 11.6 Å². The summed E-state index contributed by atoms with van der Waals surface area (Å²) in [5.41, 5.74) is 1.20. The SMILES string of the molecule is Cc1nc2cc(F)ccc2c(=O)n1CC1CCN(C(=O)Cc2ccc(Cl)cc2)CC1. The fourth-order valence-corrected chi connectivity index (χ4v) is 4.16. The average Bonchev–Trinajstić information content (AvgIpc) is 2.73. The number of aromatic nitrogens is 2. The first-order valence-electron chi connectivity index (χ1n) is 10.1. The summed E-state index contributed by atoms with van der Waals surface area (Å²) in [6.07, 6.45) is 2.03. The predicted octanol–water partition coefficient (Wildman–Crippen LogP) is 3.98. The lowest BCUT2D eigenvalue weighted by molar-refractivity contribution is -0.131. The van der Waals surface area contributed by atoms with Gasteiger partial charge in [-0.15, -0.1) is 0 Å². The molecule has 2 aromatic carbocycles. The van der Waals surface area contributed by atoms with E-state index in [1.54, 1.807) is 23.6 Å². The molecule has 0 radical (unpaired) electrons. The second kappa shape index (κ2) is 8.56. The van der Waals surface area contributed by atoms with Crippen molar-refractivity contribution in [2.24, 2.45) is 5.92 Å². The van der Waals surface area contributed by atoms with Crippen molar-refractivity contribution in [3.05, 3.63) is 75.0 Å². The van der Waals surface area contributed by atoms with Crippen LogP contribution in [0.25, 0.3) is 10.9 Å². The Morgan fingerprint density at radius 2 is 1.87 bits per heavy atom. The first-order chi connectivity index (χ1) is 14.4. The number of rotatable bonds is 4. The number of hydrogen-bond donors (Lipinski definition) is 0. The second-order valence-electron chi connectivity index (χ2n) is 7.86. The molecule has 0 spiro atoms. The van der Waals surface area contributed by atoms with Gasteiger partial charge in [-0.05, 0) is 55.5 Å². The summed E-state index contributed by atoms with van der Waals surface area (Å²) in [6.45, 7) is 3.69. The van der Waals surface area contributed by atoms with E-state index >= 15 is 0 Å². The molecule has 1 saturated heterocycles. The molecule has 7 heteroatoms. The molecule has 4 rings (SSSR count). The third-order valence-corrected chi connectivity index (χ3v) is 6.04. The first-order valence-corrected chi connectivity index (χ1v) is 10.5. The minimum absolute atomic E-state index is 0.110. The maximum atomic E-state index is 13.4. The summed E-state index contributed by atoms with van der Waals surface area (Å²) in [5, 5.41) is 1.09. The van der Waals surface area contributed by atoms with Crippen molar-refractivity contribution in [2.45, 2.75) is 32.7 Å². The molecule has 1 fully saturated rings. The number of nitrogens with zero attached hydrogens (tertiary/aromatic N) is 3. The van der Waals surface area contributed by atoms with E-state index in [-0.39, 0.29) is 11.5 Å². The van der Waals surface area contributed by atoms with Gasteiger partial charge in [0.15, 0.2) is 0 Å². The van der Waals surface area contributed by atoms with Crippen molar-refractivity contribution in [1.82, 2.24) is 14.5 Å². The average molecular weight is 428 g/mol. The molecular formula is C23H23ClFN3O2. The second-order valence-corrected chi connectivity index (χ2v) is 8.30. The zero-order valence-corrected chi connectivity index (χ0v) is 17.5. The number of piperidine rings is 1. The predicted molar refractivity (Wildman–Crippen MR) is 115 cm³/mol. The maximum Gasteiger partial charge on any atom is 0.261 e. The van der Waals surface area contributed by atoms with E-state index in [1.165, 1.54) is 18.2 Å². The van der Waals surface area contributed by atoms with Crippen LogP contribution in [0.5, 0.6) is 0 Å². The van der Waals surface area contributed by atoms with Gasteiger partial charge < -0.3 is 4.90 Å². The minimum atomic E-state index is -0.401. The Balaban J connectivity index is 1.40. The summed E-state index contributed by atoms with van der Waals surface area (Å²) in [7, 11) is 0. The van der Waals surface area contributed by atoms with Crippen LogP contribution in [0.4, 0.5) is 4.39 Å². The molecule has 0 atom stereocenters. The highest BCUT2D eigenvalue weighted by molar-refractivity contribution is 6.30. The lowest BCUT2D eigenvalue weighted by Gasteiger charge is -2.32. The monoisotopic (exact) mass is 427 g/mol. The van der Waals surface area contributed by atoms with Crippen molar-refractivity contribution in [2.75, 3.05) is 13.1 Å². The van der Waals surface area contributed by atoms with Crippen LogP contribution in [0.2, 0.25) is 5.02 Å². The Morgan fingerprint density at radius 1 is 1.17 bits per heavy atom. The first kappa shape index (κ1) is 20.5. The molecule has 0 bridgehead atoms. The van der Waals surface area contributed by atoms with Crippen molar-refractivity contribution in [3.63, 3.8) is 0 Å². The maximum absolute atomic E-state index is 13.4. The molecule has 30 heavy (non-hydrogen) atoms. The van der Waals surface area contributed by atoms with Gasteiger partial charge in [0, 0.05) is 30.7 Å². The van der Waals surface area contributed by atoms with E-state index in [9.17, 15) is 14.0 Å². The summed E-state index contributed by atoms with van der Waals surface area (Å²) in [5.74, 6) is 0.584. The van der Waals surface area contributed by atoms with Gasteiger partial charge in [0.1, 0.15) is 11.6 Å². The number of amides is 1. The quantitative estimate of drug-likeness (QED) is 0.632. The number of halogens is 2. The molecule has 0 unspecified atom stereocenters. The molecule has 1 aliphatic rings. The Kier molecular flexibility index (Phi) is 5.86. The molecule has 0 N–H and O–H groups in total. The van der Waals surface area contributed by atoms with Crippen LogP contribution in [-0.2, 0) is 17.8 Å². The van der Waals surface area contributed by atoms with Gasteiger partial charge >= 0.3 is 0 Å². The molecule has 156 valence electrons. The van der Waals surface area contributed by atoms with Crippen LogP contribution in [-0.4, -0.2) is 33.4 Å². The van der Waals surface area contributed by atoms with Crippen molar-refractivity contribution >= 4 is 28.4 Å². The molecular weight excluding hydrogens is 405 g/mol. The van der Waals surface area contributed by atoms with Crippen molar-refractivity contribution in [1.29, 1.82) is 0 Å². The molecule has 0 saturated carbocycles. The van der Waals surface area contributed by atoms with Crippen LogP contribution < -0.4 is 5.56 Å². The van der Waals surface area contributed by atoms with Crippen LogP contribution in [0, 0.1) is 18.7 Å². The molecule has 1 aliphatic heterocycles. The smallest absolute Gasteiger partial charge is 0.261 e. The Bertz CT molecular complexity index is 1140. The minimum Gasteiger partial charge on any atom is -0.342 e. The fourth-order valence-electron chi connectivity index (χ4n) is 4.03. The summed E-state index contributed by atoms with van der Waals surface area (Å²) >= 11 is 5.90. The third-order valence-electron chi connectivity index (χ3n) is 5.78. The van der Waals surface area contributed by atoms with Gasteiger partial charge in [0.2, 0.25) is 5.91 Å². The highest BCUT2D eigenvalue weighted by atomic mass is 35.5. The molecule has 1 amide bonds. The lowest BCUT2D eigenvalue weighted by Crippen LogP contribution is -2.41. The zero-order valence-electron chi connectivity index (χ0n) is 16.8. The number of likely N-dealkylation sites (tertiary alicyclic amines) is 1. The molecule has 3 aromatic rings. The number of carbonyl (C=O) groups excluding carboxylic acids is 1. The fraction of sp³-hybridized carbons (Fsp3) is 0.348. The Morgan fingerprint density at radius 3 is 2.57 bits per heavy atom. The summed E-state index contributed by atoms with van der Waals surface area (Å²) in [6, 6.07) is 11.4. The highest BCUT2D eigenvalue weighted by Gasteiger charge is 2.24. The van der Waals surface area contributed by atoms with Gasteiger partial charge in [0.25, 0.3) is 5.56 Å². The van der Waals surface area contributed by atoms with E-state index < -0.39 is 5.82 Å². The van der Waals surface area contributed by atoms with E-state index in [0.717, 1.165) is 18.4 Å². The van der Waals surface area contributed by atoms with Crippen molar-refractivity contribution < 1.29 is 9.18 Å². The Labute approximate surface area is 179 Å².